The molecular formula is C13H11F9N2O6S. The number of benzene rings is 1. The summed E-state index contributed by atoms with van der Waals surface area (Å²) in [5.41, 5.74) is -1.05. The lowest BCUT2D eigenvalue weighted by Crippen LogP contribution is -2.65. The summed E-state index contributed by atoms with van der Waals surface area (Å²) in [4.78, 5) is 9.62. The number of halogens is 9. The zero-order valence-corrected chi connectivity index (χ0v) is 15.3. The smallest absolute Gasteiger partial charge is 0.395 e. The number of nitrogens with one attached hydrogen (secondary N) is 1. The van der Waals surface area contributed by atoms with Gasteiger partial charge in [-0.25, -0.2) is 13.1 Å². The van der Waals surface area contributed by atoms with Crippen molar-refractivity contribution >= 4 is 15.7 Å². The molecule has 31 heavy (non-hydrogen) atoms. The molecular weight excluding hydrogens is 483 g/mol. The van der Waals surface area contributed by atoms with Gasteiger partial charge >= 0.3 is 23.3 Å². The van der Waals surface area contributed by atoms with E-state index >= 15 is 0 Å². The van der Waals surface area contributed by atoms with Crippen LogP contribution >= 0.6 is 0 Å². The molecule has 0 spiro atoms. The van der Waals surface area contributed by atoms with Crippen LogP contribution in [0, 0.1) is 10.1 Å². The Balaban J connectivity index is 3.28. The van der Waals surface area contributed by atoms with Gasteiger partial charge in [0.2, 0.25) is 0 Å². The average molecular weight is 494 g/mol. The summed E-state index contributed by atoms with van der Waals surface area (Å²) in [6.45, 7) is -1.63. The third-order valence-electron chi connectivity index (χ3n) is 3.78. The number of hydrogen-bond acceptors (Lipinski definition) is 6. The SMILES string of the molecule is O=[N+]([O-])c1ccc([C@@H](O)[C@H](CO)NS(=O)(=O)C(F)(F)C(F)(F)C(F)(F)C(F)(F)F)cc1. The largest absolute Gasteiger partial charge is 0.460 e. The molecule has 0 unspecified atom stereocenters. The highest BCUT2D eigenvalue weighted by Crippen LogP contribution is 2.54. The van der Waals surface area contributed by atoms with Crippen molar-refractivity contribution in [2.45, 2.75) is 35.4 Å². The third kappa shape index (κ3) is 4.70. The van der Waals surface area contributed by atoms with E-state index in [9.17, 15) is 63.2 Å². The van der Waals surface area contributed by atoms with Crippen molar-refractivity contribution < 1.29 is 63.1 Å². The molecule has 0 heterocycles. The Labute approximate surface area is 166 Å². The second kappa shape index (κ2) is 8.40. The number of sulfonamides is 1. The number of nitro groups is 1. The molecule has 0 bridgehead atoms. The van der Waals surface area contributed by atoms with E-state index in [2.05, 4.69) is 0 Å². The van der Waals surface area contributed by atoms with E-state index in [4.69, 9.17) is 5.11 Å². The Kier molecular flexibility index (Phi) is 7.27. The first-order chi connectivity index (χ1) is 13.7. The average Bonchev–Trinajstić information content (AvgIpc) is 2.64. The van der Waals surface area contributed by atoms with Gasteiger partial charge in [0.05, 0.1) is 23.7 Å². The van der Waals surface area contributed by atoms with Crippen LogP contribution in [0.2, 0.25) is 0 Å². The molecule has 1 aromatic rings. The fourth-order valence-corrected chi connectivity index (χ4v) is 3.25. The Bertz CT molecular complexity index is 905. The fourth-order valence-electron chi connectivity index (χ4n) is 2.03. The van der Waals surface area contributed by atoms with Gasteiger partial charge in [-0.3, -0.25) is 10.1 Å². The zero-order valence-electron chi connectivity index (χ0n) is 14.5. The molecule has 0 saturated heterocycles. The van der Waals surface area contributed by atoms with Gasteiger partial charge in [0, 0.05) is 12.1 Å². The fraction of sp³-hybridized carbons (Fsp3) is 0.538. The van der Waals surface area contributed by atoms with Crippen LogP contribution in [0.5, 0.6) is 0 Å². The van der Waals surface area contributed by atoms with Gasteiger partial charge in [0.15, 0.2) is 0 Å². The van der Waals surface area contributed by atoms with E-state index in [0.29, 0.717) is 4.72 Å². The first kappa shape index (κ1) is 26.9. The van der Waals surface area contributed by atoms with Crippen molar-refractivity contribution in [1.29, 1.82) is 0 Å². The van der Waals surface area contributed by atoms with Crippen molar-refractivity contribution in [3.05, 3.63) is 39.9 Å². The molecule has 0 saturated carbocycles. The summed E-state index contributed by atoms with van der Waals surface area (Å²) >= 11 is 0. The van der Waals surface area contributed by atoms with Gasteiger partial charge < -0.3 is 10.2 Å². The predicted octanol–water partition coefficient (Wildman–Crippen LogP) is 2.33. The van der Waals surface area contributed by atoms with Gasteiger partial charge in [-0.1, -0.05) is 0 Å². The highest BCUT2D eigenvalue weighted by Gasteiger charge is 2.85. The molecule has 3 N–H and O–H groups in total. The summed E-state index contributed by atoms with van der Waals surface area (Å²) in [6, 6.07) is 0.393. The Hall–Kier alpha value is -2.18. The van der Waals surface area contributed by atoms with Crippen molar-refractivity contribution in [1.82, 2.24) is 4.72 Å². The first-order valence-corrected chi connectivity index (χ1v) is 8.98. The molecule has 0 fully saturated rings. The highest BCUT2D eigenvalue weighted by molar-refractivity contribution is 7.90. The van der Waals surface area contributed by atoms with E-state index < -0.39 is 68.2 Å². The molecule has 1 rings (SSSR count). The summed E-state index contributed by atoms with van der Waals surface area (Å²) < 4.78 is 140. The van der Waals surface area contributed by atoms with Crippen LogP contribution < -0.4 is 4.72 Å². The minimum Gasteiger partial charge on any atom is -0.395 e. The minimum absolute atomic E-state index is 0.497. The number of hydrogen-bond donors (Lipinski definition) is 3. The maximum Gasteiger partial charge on any atom is 0.460 e. The van der Waals surface area contributed by atoms with Crippen molar-refractivity contribution in [2.24, 2.45) is 0 Å². The van der Waals surface area contributed by atoms with Crippen molar-refractivity contribution in [3.8, 4) is 0 Å². The molecule has 8 nitrogen and oxygen atoms in total. The topological polar surface area (TPSA) is 130 Å². The van der Waals surface area contributed by atoms with E-state index in [1.807, 2.05) is 0 Å². The van der Waals surface area contributed by atoms with Crippen LogP contribution in [-0.4, -0.2) is 59.5 Å². The Morgan fingerprint density at radius 3 is 1.77 bits per heavy atom. The summed E-state index contributed by atoms with van der Waals surface area (Å²) in [5.74, 6) is -15.0. The summed E-state index contributed by atoms with van der Waals surface area (Å²) in [7, 11) is -7.09. The number of aliphatic hydroxyl groups excluding tert-OH is 2. The van der Waals surface area contributed by atoms with E-state index in [0.717, 1.165) is 24.3 Å². The van der Waals surface area contributed by atoms with Gasteiger partial charge in [-0.15, -0.1) is 0 Å². The molecule has 0 aromatic heterocycles. The maximum absolute atomic E-state index is 13.7. The monoisotopic (exact) mass is 494 g/mol. The molecule has 1 aromatic carbocycles. The van der Waals surface area contributed by atoms with Gasteiger partial charge in [0.25, 0.3) is 15.7 Å². The van der Waals surface area contributed by atoms with Crippen LogP contribution in [0.4, 0.5) is 45.2 Å². The van der Waals surface area contributed by atoms with Crippen LogP contribution in [0.1, 0.15) is 11.7 Å². The van der Waals surface area contributed by atoms with E-state index in [-0.39, 0.29) is 0 Å². The van der Waals surface area contributed by atoms with Crippen LogP contribution in [0.15, 0.2) is 24.3 Å². The first-order valence-electron chi connectivity index (χ1n) is 7.50. The number of non-ortho nitro benzene ring substituents is 1. The molecule has 178 valence electrons. The number of aliphatic hydroxyl groups is 2. The molecule has 0 aliphatic carbocycles. The third-order valence-corrected chi connectivity index (χ3v) is 5.33. The molecule has 0 aliphatic rings. The van der Waals surface area contributed by atoms with Crippen LogP contribution in [0.25, 0.3) is 0 Å². The molecule has 0 amide bonds. The maximum atomic E-state index is 13.7. The normalized spacial score (nSPS) is 16.1. The lowest BCUT2D eigenvalue weighted by Gasteiger charge is -2.34. The number of alkyl halides is 9. The number of nitrogens with zero attached hydrogens (tertiary/aromatic N) is 1. The minimum atomic E-state index is -7.50. The van der Waals surface area contributed by atoms with Crippen molar-refractivity contribution in [2.75, 3.05) is 6.61 Å². The summed E-state index contributed by atoms with van der Waals surface area (Å²) in [5, 5.41) is 22.4. The van der Waals surface area contributed by atoms with Crippen LogP contribution in [-0.2, 0) is 10.0 Å². The molecule has 0 radical (unpaired) electrons. The lowest BCUT2D eigenvalue weighted by atomic mass is 10.0. The second-order valence-electron chi connectivity index (χ2n) is 5.87. The van der Waals surface area contributed by atoms with E-state index in [1.54, 1.807) is 0 Å². The zero-order chi connectivity index (χ0) is 24.6. The molecule has 2 atom stereocenters. The second-order valence-corrected chi connectivity index (χ2v) is 7.62. The standard InChI is InChI=1S/C13H11F9N2O6S/c14-10(15,12(18,19)20)11(16,17)13(21,22)31(29,30)23-8(5-25)9(26)6-1-3-7(4-2-6)24(27)28/h1-4,8-9,23,25-26H,5H2/t8-,9+/m0/s1. The van der Waals surface area contributed by atoms with E-state index in [1.165, 1.54) is 0 Å². The Morgan fingerprint density at radius 2 is 1.42 bits per heavy atom. The highest BCUT2D eigenvalue weighted by atomic mass is 32.2. The Morgan fingerprint density at radius 1 is 0.968 bits per heavy atom. The number of nitro benzene ring substituents is 1. The van der Waals surface area contributed by atoms with Gasteiger partial charge in [-0.05, 0) is 17.7 Å². The molecule has 18 heteroatoms. The quantitative estimate of drug-likeness (QED) is 0.275. The predicted molar refractivity (Wildman–Crippen MR) is 81.9 cm³/mol. The van der Waals surface area contributed by atoms with Gasteiger partial charge in [-0.2, -0.15) is 39.5 Å². The summed E-state index contributed by atoms with van der Waals surface area (Å²) in [6.07, 6.45) is -9.63. The molecule has 0 aliphatic heterocycles. The number of rotatable bonds is 9. The van der Waals surface area contributed by atoms with Crippen molar-refractivity contribution in [3.63, 3.8) is 0 Å². The van der Waals surface area contributed by atoms with Crippen LogP contribution in [0.3, 0.4) is 0 Å². The van der Waals surface area contributed by atoms with Gasteiger partial charge in [0.1, 0.15) is 0 Å². The lowest BCUT2D eigenvalue weighted by molar-refractivity contribution is -0.384.